The van der Waals surface area contributed by atoms with Gasteiger partial charge in [0.05, 0.1) is 12.4 Å². The molecule has 14 heavy (non-hydrogen) atoms. The third-order valence-electron chi connectivity index (χ3n) is 1.71. The Labute approximate surface area is 86.4 Å². The summed E-state index contributed by atoms with van der Waals surface area (Å²) in [5, 5.41) is 0. The maximum atomic E-state index is 10.7. The van der Waals surface area contributed by atoms with Crippen LogP contribution in [0.2, 0.25) is 0 Å². The van der Waals surface area contributed by atoms with Gasteiger partial charge < -0.3 is 9.29 Å². The van der Waals surface area contributed by atoms with Crippen LogP contribution in [0.25, 0.3) is 0 Å². The molecule has 0 radical (unpaired) electrons. The Morgan fingerprint density at radius 3 is 2.79 bits per heavy atom. The standard InChI is InChI=1S/C10H14O3S/c1-2-7-13-10-6-4-3-5-9(10)8-14(11)12/h3-6H,2,7-8H2,1H3,(H,11,12). The molecule has 0 aliphatic heterocycles. The van der Waals surface area contributed by atoms with Crippen molar-refractivity contribution in [3.63, 3.8) is 0 Å². The number of benzene rings is 1. The van der Waals surface area contributed by atoms with Crippen LogP contribution in [0.1, 0.15) is 18.9 Å². The van der Waals surface area contributed by atoms with Gasteiger partial charge in [0.1, 0.15) is 5.75 Å². The first-order chi connectivity index (χ1) is 6.74. The molecule has 0 saturated heterocycles. The highest BCUT2D eigenvalue weighted by atomic mass is 32.2. The predicted molar refractivity (Wildman–Crippen MR) is 56.7 cm³/mol. The van der Waals surface area contributed by atoms with Crippen molar-refractivity contribution in [3.8, 4) is 5.75 Å². The Kier molecular flexibility index (Phi) is 4.62. The molecular weight excluding hydrogens is 200 g/mol. The number of para-hydroxylation sites is 1. The smallest absolute Gasteiger partial charge is 0.157 e. The van der Waals surface area contributed by atoms with Gasteiger partial charge in [-0.1, -0.05) is 25.1 Å². The van der Waals surface area contributed by atoms with E-state index in [-0.39, 0.29) is 5.75 Å². The molecule has 0 saturated carbocycles. The predicted octanol–water partition coefficient (Wildman–Crippen LogP) is 2.20. The molecule has 0 spiro atoms. The van der Waals surface area contributed by atoms with Gasteiger partial charge in [0.25, 0.3) is 0 Å². The van der Waals surface area contributed by atoms with Crippen LogP contribution in [0.5, 0.6) is 5.75 Å². The van der Waals surface area contributed by atoms with E-state index in [1.165, 1.54) is 0 Å². The Morgan fingerprint density at radius 1 is 1.43 bits per heavy atom. The summed E-state index contributed by atoms with van der Waals surface area (Å²) in [6.45, 7) is 2.65. The summed E-state index contributed by atoms with van der Waals surface area (Å²) in [5.74, 6) is 0.830. The molecule has 3 nitrogen and oxygen atoms in total. The molecule has 1 atom stereocenters. The summed E-state index contributed by atoms with van der Waals surface area (Å²) < 4.78 is 24.9. The molecular formula is C10H14O3S. The number of rotatable bonds is 5. The molecule has 0 aliphatic carbocycles. The van der Waals surface area contributed by atoms with Crippen LogP contribution in [-0.2, 0) is 16.8 Å². The normalized spacial score (nSPS) is 12.4. The van der Waals surface area contributed by atoms with Crippen LogP contribution < -0.4 is 4.74 Å². The summed E-state index contributed by atoms with van der Waals surface area (Å²) in [6, 6.07) is 7.31. The molecule has 4 heteroatoms. The highest BCUT2D eigenvalue weighted by Crippen LogP contribution is 2.19. The molecule has 1 rings (SSSR count). The third kappa shape index (κ3) is 3.47. The van der Waals surface area contributed by atoms with Gasteiger partial charge in [0.15, 0.2) is 11.1 Å². The monoisotopic (exact) mass is 214 g/mol. The lowest BCUT2D eigenvalue weighted by molar-refractivity contribution is 0.315. The van der Waals surface area contributed by atoms with Crippen molar-refractivity contribution in [1.82, 2.24) is 0 Å². The van der Waals surface area contributed by atoms with Crippen LogP contribution in [0.15, 0.2) is 24.3 Å². The topological polar surface area (TPSA) is 46.5 Å². The fraction of sp³-hybridized carbons (Fsp3) is 0.400. The minimum Gasteiger partial charge on any atom is -0.493 e. The maximum absolute atomic E-state index is 10.7. The second-order valence-corrected chi connectivity index (χ2v) is 3.85. The Bertz CT molecular complexity index is 312. The second kappa shape index (κ2) is 5.78. The molecule has 1 aromatic carbocycles. The van der Waals surface area contributed by atoms with Crippen molar-refractivity contribution in [2.24, 2.45) is 0 Å². The van der Waals surface area contributed by atoms with E-state index in [4.69, 9.17) is 9.29 Å². The van der Waals surface area contributed by atoms with Gasteiger partial charge in [-0.05, 0) is 12.5 Å². The van der Waals surface area contributed by atoms with Crippen LogP contribution >= 0.6 is 0 Å². The molecule has 0 heterocycles. The highest BCUT2D eigenvalue weighted by Gasteiger charge is 2.04. The van der Waals surface area contributed by atoms with Crippen molar-refractivity contribution < 1.29 is 13.5 Å². The van der Waals surface area contributed by atoms with E-state index in [0.717, 1.165) is 12.0 Å². The van der Waals surface area contributed by atoms with Gasteiger partial charge in [-0.25, -0.2) is 4.21 Å². The average Bonchev–Trinajstić information content (AvgIpc) is 2.16. The zero-order chi connectivity index (χ0) is 10.4. The fourth-order valence-electron chi connectivity index (χ4n) is 1.11. The van der Waals surface area contributed by atoms with Crippen LogP contribution in [-0.4, -0.2) is 15.4 Å². The zero-order valence-corrected chi connectivity index (χ0v) is 8.92. The van der Waals surface area contributed by atoms with Gasteiger partial charge in [0, 0.05) is 5.56 Å². The van der Waals surface area contributed by atoms with Crippen molar-refractivity contribution >= 4 is 11.1 Å². The Hall–Kier alpha value is -0.870. The lowest BCUT2D eigenvalue weighted by atomic mass is 10.2. The first-order valence-corrected chi connectivity index (χ1v) is 5.79. The van der Waals surface area contributed by atoms with Gasteiger partial charge in [-0.15, -0.1) is 0 Å². The lowest BCUT2D eigenvalue weighted by Gasteiger charge is -2.08. The summed E-state index contributed by atoms with van der Waals surface area (Å²) in [4.78, 5) is 0. The van der Waals surface area contributed by atoms with E-state index in [1.54, 1.807) is 6.07 Å². The van der Waals surface area contributed by atoms with Gasteiger partial charge in [0.2, 0.25) is 0 Å². The van der Waals surface area contributed by atoms with Crippen molar-refractivity contribution in [2.45, 2.75) is 19.1 Å². The minimum atomic E-state index is -1.81. The third-order valence-corrected chi connectivity index (χ3v) is 2.27. The first kappa shape index (κ1) is 11.2. The molecule has 1 aromatic rings. The Balaban J connectivity index is 2.74. The fourth-order valence-corrected chi connectivity index (χ4v) is 1.61. The van der Waals surface area contributed by atoms with Gasteiger partial charge in [-0.2, -0.15) is 0 Å². The SMILES string of the molecule is CCCOc1ccccc1CS(=O)O. The van der Waals surface area contributed by atoms with Gasteiger partial charge >= 0.3 is 0 Å². The molecule has 0 aliphatic rings. The zero-order valence-electron chi connectivity index (χ0n) is 8.10. The molecule has 1 unspecified atom stereocenters. The van der Waals surface area contributed by atoms with Crippen LogP contribution in [0.4, 0.5) is 0 Å². The van der Waals surface area contributed by atoms with E-state index in [2.05, 4.69) is 0 Å². The van der Waals surface area contributed by atoms with E-state index < -0.39 is 11.1 Å². The van der Waals surface area contributed by atoms with Crippen LogP contribution in [0, 0.1) is 0 Å². The lowest BCUT2D eigenvalue weighted by Crippen LogP contribution is -2.00. The summed E-state index contributed by atoms with van der Waals surface area (Å²) in [6.07, 6.45) is 0.927. The van der Waals surface area contributed by atoms with E-state index in [0.29, 0.717) is 12.4 Å². The molecule has 0 amide bonds. The quantitative estimate of drug-likeness (QED) is 0.764. The average molecular weight is 214 g/mol. The largest absolute Gasteiger partial charge is 0.493 e. The maximum Gasteiger partial charge on any atom is 0.157 e. The molecule has 0 bridgehead atoms. The molecule has 1 N–H and O–H groups in total. The summed E-state index contributed by atoms with van der Waals surface area (Å²) >= 11 is -1.81. The second-order valence-electron chi connectivity index (χ2n) is 2.92. The highest BCUT2D eigenvalue weighted by molar-refractivity contribution is 7.78. The molecule has 0 fully saturated rings. The summed E-state index contributed by atoms with van der Waals surface area (Å²) in [7, 11) is 0. The van der Waals surface area contributed by atoms with Gasteiger partial charge in [-0.3, -0.25) is 0 Å². The minimum absolute atomic E-state index is 0.125. The number of hydrogen-bond donors (Lipinski definition) is 1. The first-order valence-electron chi connectivity index (χ1n) is 4.52. The Morgan fingerprint density at radius 2 is 2.14 bits per heavy atom. The molecule has 78 valence electrons. The van der Waals surface area contributed by atoms with Crippen molar-refractivity contribution in [2.75, 3.05) is 6.61 Å². The van der Waals surface area contributed by atoms with Crippen LogP contribution in [0.3, 0.4) is 0 Å². The number of ether oxygens (including phenoxy) is 1. The van der Waals surface area contributed by atoms with E-state index in [9.17, 15) is 4.21 Å². The number of hydrogen-bond acceptors (Lipinski definition) is 2. The molecule has 0 aromatic heterocycles. The van der Waals surface area contributed by atoms with Crippen molar-refractivity contribution in [3.05, 3.63) is 29.8 Å². The summed E-state index contributed by atoms with van der Waals surface area (Å²) in [5.41, 5.74) is 0.779. The van der Waals surface area contributed by atoms with Crippen molar-refractivity contribution in [1.29, 1.82) is 0 Å². The van der Waals surface area contributed by atoms with E-state index in [1.807, 2.05) is 25.1 Å². The van der Waals surface area contributed by atoms with E-state index >= 15 is 0 Å².